The second-order valence-electron chi connectivity index (χ2n) is 8.52. The van der Waals surface area contributed by atoms with Crippen LogP contribution >= 0.6 is 0 Å². The Morgan fingerprint density at radius 1 is 1.03 bits per heavy atom. The lowest BCUT2D eigenvalue weighted by Gasteiger charge is -2.39. The monoisotopic (exact) mass is 436 g/mol. The summed E-state index contributed by atoms with van der Waals surface area (Å²) < 4.78 is 24.7. The Hall–Kier alpha value is -2.95. The second-order valence-corrected chi connectivity index (χ2v) is 8.52. The molecule has 2 unspecified atom stereocenters. The van der Waals surface area contributed by atoms with Crippen molar-refractivity contribution in [1.29, 1.82) is 0 Å². The van der Waals surface area contributed by atoms with Gasteiger partial charge in [0, 0.05) is 29.2 Å². The molecule has 1 aliphatic carbocycles. The Balaban J connectivity index is 1.49. The Bertz CT molecular complexity index is 1050. The van der Waals surface area contributed by atoms with Crippen molar-refractivity contribution in [3.05, 3.63) is 77.9 Å². The molecule has 1 fully saturated rings. The zero-order valence-electron chi connectivity index (χ0n) is 18.4. The van der Waals surface area contributed by atoms with E-state index in [9.17, 15) is 13.6 Å². The van der Waals surface area contributed by atoms with Gasteiger partial charge in [0.1, 0.15) is 0 Å². The summed E-state index contributed by atoms with van der Waals surface area (Å²) in [4.78, 5) is 14.6. The number of benzene rings is 3. The molecule has 32 heavy (non-hydrogen) atoms. The Morgan fingerprint density at radius 3 is 2.53 bits per heavy atom. The molecule has 0 radical (unpaired) electrons. The molecule has 1 aliphatic rings. The quantitative estimate of drug-likeness (QED) is 0.466. The minimum absolute atomic E-state index is 0.424. The molecule has 1 amide bonds. The molecule has 0 aromatic heterocycles. The molecule has 0 bridgehead atoms. The summed E-state index contributed by atoms with van der Waals surface area (Å²) in [6.07, 6.45) is 1.98. The summed E-state index contributed by atoms with van der Waals surface area (Å²) in [6, 6.07) is 23.0. The van der Waals surface area contributed by atoms with Crippen molar-refractivity contribution in [2.75, 3.05) is 18.0 Å². The number of halogens is 2. The topological polar surface area (TPSA) is 32.3 Å². The third kappa shape index (κ3) is 4.93. The molecule has 0 heterocycles. The van der Waals surface area contributed by atoms with Gasteiger partial charge in [-0.25, -0.2) is 8.78 Å². The summed E-state index contributed by atoms with van der Waals surface area (Å²) >= 11 is 0. The number of nitrogens with zero attached hydrogens (tertiary/aromatic N) is 1. The van der Waals surface area contributed by atoms with E-state index < -0.39 is 18.9 Å². The van der Waals surface area contributed by atoms with E-state index >= 15 is 0 Å². The van der Waals surface area contributed by atoms with Crippen LogP contribution in [0.25, 0.3) is 10.8 Å². The van der Waals surface area contributed by atoms with Gasteiger partial charge in [0.2, 0.25) is 0 Å². The average molecular weight is 437 g/mol. The van der Waals surface area contributed by atoms with Gasteiger partial charge in [0.15, 0.2) is 0 Å². The van der Waals surface area contributed by atoms with E-state index in [4.69, 9.17) is 0 Å². The summed E-state index contributed by atoms with van der Waals surface area (Å²) in [5, 5.41) is 4.81. The normalized spacial score (nSPS) is 18.6. The van der Waals surface area contributed by atoms with E-state index in [1.165, 1.54) is 28.4 Å². The van der Waals surface area contributed by atoms with E-state index in [1.807, 2.05) is 12.1 Å². The maximum Gasteiger partial charge on any atom is 0.255 e. The van der Waals surface area contributed by atoms with Crippen LogP contribution in [0.5, 0.6) is 0 Å². The van der Waals surface area contributed by atoms with Gasteiger partial charge in [-0.15, -0.1) is 0 Å². The highest BCUT2D eigenvalue weighted by Gasteiger charge is 2.28. The first-order valence-corrected chi connectivity index (χ1v) is 11.5. The van der Waals surface area contributed by atoms with Gasteiger partial charge in [0.25, 0.3) is 12.3 Å². The van der Waals surface area contributed by atoms with Crippen molar-refractivity contribution >= 4 is 22.4 Å². The number of alkyl halides is 2. The van der Waals surface area contributed by atoms with Crippen molar-refractivity contribution < 1.29 is 13.6 Å². The van der Waals surface area contributed by atoms with Gasteiger partial charge in [0.05, 0.1) is 6.54 Å². The van der Waals surface area contributed by atoms with Crippen molar-refractivity contribution in [2.24, 2.45) is 0 Å². The third-order valence-electron chi connectivity index (χ3n) is 6.57. The zero-order valence-corrected chi connectivity index (χ0v) is 18.4. The number of nitrogens with one attached hydrogen (secondary N) is 1. The minimum Gasteiger partial charge on any atom is -0.368 e. The fourth-order valence-corrected chi connectivity index (χ4v) is 5.01. The van der Waals surface area contributed by atoms with Gasteiger partial charge in [-0.1, -0.05) is 55.0 Å². The fraction of sp³-hybridized carbons (Fsp3) is 0.370. The summed E-state index contributed by atoms with van der Waals surface area (Å²) in [5.41, 5.74) is 2.93. The van der Waals surface area contributed by atoms with E-state index in [0.717, 1.165) is 25.8 Å². The zero-order chi connectivity index (χ0) is 22.5. The summed E-state index contributed by atoms with van der Waals surface area (Å²) in [5.74, 6) is -0.0255. The predicted octanol–water partition coefficient (Wildman–Crippen LogP) is 6.39. The van der Waals surface area contributed by atoms with Gasteiger partial charge >= 0.3 is 0 Å². The summed E-state index contributed by atoms with van der Waals surface area (Å²) in [6.45, 7) is 2.55. The highest BCUT2D eigenvalue weighted by molar-refractivity contribution is 5.95. The van der Waals surface area contributed by atoms with Crippen molar-refractivity contribution in [3.63, 3.8) is 0 Å². The number of carbonyl (C=O) groups excluding carboxylic acids is 1. The van der Waals surface area contributed by atoms with Crippen LogP contribution in [0.4, 0.5) is 14.5 Å². The fourth-order valence-electron chi connectivity index (χ4n) is 5.01. The number of carbonyl (C=O) groups is 1. The SMILES string of the molecule is CCN(c1cccc2ccccc12)C1CCCC(c2ccc(C(=O)NCC(F)F)cc2)C1. The molecular formula is C27H30F2N2O. The Morgan fingerprint density at radius 2 is 1.78 bits per heavy atom. The van der Waals surface area contributed by atoms with E-state index in [2.05, 4.69) is 59.6 Å². The Labute approximate surface area is 188 Å². The van der Waals surface area contributed by atoms with Gasteiger partial charge < -0.3 is 10.2 Å². The molecule has 168 valence electrons. The molecule has 1 saturated carbocycles. The predicted molar refractivity (Wildman–Crippen MR) is 127 cm³/mol. The maximum absolute atomic E-state index is 12.3. The molecule has 0 spiro atoms. The van der Waals surface area contributed by atoms with Crippen LogP contribution in [-0.4, -0.2) is 31.5 Å². The molecule has 3 aromatic carbocycles. The number of hydrogen-bond acceptors (Lipinski definition) is 2. The first-order chi connectivity index (χ1) is 15.6. The first-order valence-electron chi connectivity index (χ1n) is 11.5. The van der Waals surface area contributed by atoms with Crippen molar-refractivity contribution in [3.8, 4) is 0 Å². The molecule has 3 aromatic rings. The van der Waals surface area contributed by atoms with Crippen molar-refractivity contribution in [1.82, 2.24) is 5.32 Å². The molecule has 1 N–H and O–H groups in total. The van der Waals surface area contributed by atoms with Crippen LogP contribution in [0.3, 0.4) is 0 Å². The maximum atomic E-state index is 12.3. The van der Waals surface area contributed by atoms with Crippen LogP contribution in [0.15, 0.2) is 66.7 Å². The number of amides is 1. The van der Waals surface area contributed by atoms with Crippen LogP contribution in [0.1, 0.15) is 54.4 Å². The highest BCUT2D eigenvalue weighted by atomic mass is 19.3. The van der Waals surface area contributed by atoms with Gasteiger partial charge in [-0.2, -0.15) is 0 Å². The number of rotatable bonds is 7. The standard InChI is InChI=1S/C27H30F2N2O/c1-2-31(25-12-6-8-20-7-3-4-11-24(20)25)23-10-5-9-22(17-23)19-13-15-21(16-14-19)27(32)30-18-26(28)29/h3-4,6-8,11-16,22-23,26H,2,5,9-10,17-18H2,1H3,(H,30,32). The lowest BCUT2D eigenvalue weighted by molar-refractivity contribution is 0.0891. The lowest BCUT2D eigenvalue weighted by atomic mass is 9.80. The summed E-state index contributed by atoms with van der Waals surface area (Å²) in [7, 11) is 0. The second kappa shape index (κ2) is 10.1. The van der Waals surface area contributed by atoms with Crippen LogP contribution in [0, 0.1) is 0 Å². The number of hydrogen-bond donors (Lipinski definition) is 1. The number of fused-ring (bicyclic) bond motifs is 1. The minimum atomic E-state index is -2.54. The first kappa shape index (κ1) is 22.3. The molecule has 2 atom stereocenters. The van der Waals surface area contributed by atoms with Gasteiger partial charge in [-0.3, -0.25) is 4.79 Å². The van der Waals surface area contributed by atoms with E-state index in [1.54, 1.807) is 12.1 Å². The highest BCUT2D eigenvalue weighted by Crippen LogP contribution is 2.38. The van der Waals surface area contributed by atoms with Crippen LogP contribution in [0.2, 0.25) is 0 Å². The lowest BCUT2D eigenvalue weighted by Crippen LogP contribution is -2.38. The van der Waals surface area contributed by atoms with E-state index in [0.29, 0.717) is 17.5 Å². The van der Waals surface area contributed by atoms with Crippen LogP contribution < -0.4 is 10.2 Å². The molecule has 3 nitrogen and oxygen atoms in total. The molecule has 4 rings (SSSR count). The van der Waals surface area contributed by atoms with Gasteiger partial charge in [-0.05, 0) is 61.3 Å². The Kier molecular flexibility index (Phi) is 7.03. The molecule has 5 heteroatoms. The molecular weight excluding hydrogens is 406 g/mol. The third-order valence-corrected chi connectivity index (χ3v) is 6.57. The van der Waals surface area contributed by atoms with E-state index in [-0.39, 0.29) is 0 Å². The molecule has 0 aliphatic heterocycles. The van der Waals surface area contributed by atoms with Crippen molar-refractivity contribution in [2.45, 2.75) is 51.0 Å². The average Bonchev–Trinajstić information content (AvgIpc) is 2.83. The molecule has 0 saturated heterocycles. The largest absolute Gasteiger partial charge is 0.368 e. The smallest absolute Gasteiger partial charge is 0.255 e. The van der Waals surface area contributed by atoms with Crippen LogP contribution in [-0.2, 0) is 0 Å². The number of anilines is 1.